The molecule has 0 aliphatic heterocycles. The van der Waals surface area contributed by atoms with Crippen molar-refractivity contribution in [2.24, 2.45) is 5.41 Å². The summed E-state index contributed by atoms with van der Waals surface area (Å²) in [4.78, 5) is 0. The Hall–Kier alpha value is -1.02. The highest BCUT2D eigenvalue weighted by Crippen LogP contribution is 2.23. The largest absolute Gasteiger partial charge is 0.758 e. The van der Waals surface area contributed by atoms with E-state index in [1.165, 1.54) is 0 Å². The number of nitrogens with zero attached hydrogens (tertiary/aromatic N) is 1. The Morgan fingerprint density at radius 2 is 1.79 bits per heavy atom. The summed E-state index contributed by atoms with van der Waals surface area (Å²) in [6.07, 6.45) is 1.01. The van der Waals surface area contributed by atoms with Crippen molar-refractivity contribution in [1.82, 2.24) is 0 Å². The van der Waals surface area contributed by atoms with Gasteiger partial charge in [0, 0.05) is 12.2 Å². The summed E-state index contributed by atoms with van der Waals surface area (Å²) < 4.78 is 0. The van der Waals surface area contributed by atoms with Gasteiger partial charge >= 0.3 is 0 Å². The Labute approximate surface area is 86.1 Å². The maximum Gasteiger partial charge on any atom is 0.0259 e. The smallest absolute Gasteiger partial charge is 0.0259 e. The lowest BCUT2D eigenvalue weighted by Gasteiger charge is -2.38. The molecule has 0 atom stereocenters. The molecule has 0 fully saturated rings. The third-order valence-corrected chi connectivity index (χ3v) is 2.57. The summed E-state index contributed by atoms with van der Waals surface area (Å²) in [5.41, 5.74) is 0.825. The molecule has 1 aromatic rings. The lowest BCUT2D eigenvalue weighted by atomic mass is 9.90. The maximum atomic E-state index is 11.7. The van der Waals surface area contributed by atoms with Gasteiger partial charge in [-0.2, -0.15) is 0 Å². The molecule has 2 nitrogen and oxygen atoms in total. The first-order valence-electron chi connectivity index (χ1n) is 5.05. The monoisotopic (exact) mass is 192 g/mol. The molecule has 14 heavy (non-hydrogen) atoms. The second-order valence-electron chi connectivity index (χ2n) is 4.39. The van der Waals surface area contributed by atoms with Gasteiger partial charge in [-0.15, -0.1) is 0 Å². The van der Waals surface area contributed by atoms with Crippen LogP contribution in [-0.4, -0.2) is 6.54 Å². The summed E-state index contributed by atoms with van der Waals surface area (Å²) in [7, 11) is 0. The quantitative estimate of drug-likeness (QED) is 0.683. The number of hydrogen-bond donors (Lipinski definition) is 0. The third-order valence-electron chi connectivity index (χ3n) is 2.57. The van der Waals surface area contributed by atoms with Crippen LogP contribution in [0.2, 0.25) is 0 Å². The molecule has 0 radical (unpaired) electrons. The van der Waals surface area contributed by atoms with Crippen LogP contribution in [0.25, 0.3) is 0 Å². The van der Waals surface area contributed by atoms with Gasteiger partial charge in [0.2, 0.25) is 0 Å². The van der Waals surface area contributed by atoms with Gasteiger partial charge in [-0.25, -0.2) is 0 Å². The molecule has 0 heterocycles. The van der Waals surface area contributed by atoms with E-state index in [2.05, 4.69) is 20.8 Å². The minimum atomic E-state index is 0.0809. The van der Waals surface area contributed by atoms with Gasteiger partial charge in [-0.1, -0.05) is 39.0 Å². The summed E-state index contributed by atoms with van der Waals surface area (Å²) in [6.45, 7) is 6.88. The molecular formula is C12H18NO-. The number of hydroxylamine groups is 1. The van der Waals surface area contributed by atoms with Crippen LogP contribution in [0.1, 0.15) is 27.2 Å². The van der Waals surface area contributed by atoms with Gasteiger partial charge in [-0.05, 0) is 24.0 Å². The number of anilines is 1. The normalized spacial score (nSPS) is 11.4. The Kier molecular flexibility index (Phi) is 3.53. The maximum absolute atomic E-state index is 11.7. The van der Waals surface area contributed by atoms with Gasteiger partial charge in [0.1, 0.15) is 0 Å². The standard InChI is InChI=1S/C12H18NO/c1-4-12(2,3)10-13(14)11-8-6-5-7-9-11/h5-9H,4,10H2,1-3H3/q-1. The molecule has 0 aromatic heterocycles. The van der Waals surface area contributed by atoms with Crippen molar-refractivity contribution in [3.63, 3.8) is 0 Å². The van der Waals surface area contributed by atoms with Crippen LogP contribution in [0, 0.1) is 10.6 Å². The fourth-order valence-electron chi connectivity index (χ4n) is 1.19. The van der Waals surface area contributed by atoms with Crippen LogP contribution in [-0.2, 0) is 0 Å². The van der Waals surface area contributed by atoms with E-state index in [1.54, 1.807) is 0 Å². The first kappa shape index (κ1) is 11.1. The second kappa shape index (κ2) is 4.47. The predicted octanol–water partition coefficient (Wildman–Crippen LogP) is 3.43. The number of para-hydroxylation sites is 1. The number of hydrogen-bond acceptors (Lipinski definition) is 2. The minimum absolute atomic E-state index is 0.0809. The van der Waals surface area contributed by atoms with Crippen LogP contribution >= 0.6 is 0 Å². The van der Waals surface area contributed by atoms with E-state index >= 15 is 0 Å². The highest BCUT2D eigenvalue weighted by atomic mass is 16.5. The lowest BCUT2D eigenvalue weighted by Crippen LogP contribution is -2.29. The topological polar surface area (TPSA) is 26.3 Å². The van der Waals surface area contributed by atoms with Crippen molar-refractivity contribution in [2.75, 3.05) is 11.6 Å². The van der Waals surface area contributed by atoms with E-state index in [4.69, 9.17) is 0 Å². The molecule has 0 unspecified atom stereocenters. The van der Waals surface area contributed by atoms with Crippen molar-refractivity contribution in [3.8, 4) is 0 Å². The average molecular weight is 192 g/mol. The van der Waals surface area contributed by atoms with E-state index in [-0.39, 0.29) is 5.41 Å². The molecule has 0 N–H and O–H groups in total. The van der Waals surface area contributed by atoms with E-state index < -0.39 is 0 Å². The van der Waals surface area contributed by atoms with Gasteiger partial charge in [0.25, 0.3) is 0 Å². The first-order chi connectivity index (χ1) is 6.55. The fourth-order valence-corrected chi connectivity index (χ4v) is 1.19. The lowest BCUT2D eigenvalue weighted by molar-refractivity contribution is 0.362. The summed E-state index contributed by atoms with van der Waals surface area (Å²) in [5.74, 6) is 0. The molecule has 78 valence electrons. The highest BCUT2D eigenvalue weighted by Gasteiger charge is 2.15. The van der Waals surface area contributed by atoms with Crippen molar-refractivity contribution in [2.45, 2.75) is 27.2 Å². The zero-order valence-electron chi connectivity index (χ0n) is 9.16. The molecule has 0 saturated heterocycles. The molecular weight excluding hydrogens is 174 g/mol. The van der Waals surface area contributed by atoms with Gasteiger partial charge < -0.3 is 10.3 Å². The molecule has 2 heteroatoms. The first-order valence-corrected chi connectivity index (χ1v) is 5.05. The third kappa shape index (κ3) is 3.04. The molecule has 1 rings (SSSR count). The van der Waals surface area contributed by atoms with Gasteiger partial charge in [-0.3, -0.25) is 0 Å². The van der Waals surface area contributed by atoms with Crippen LogP contribution in [0.3, 0.4) is 0 Å². The number of benzene rings is 1. The van der Waals surface area contributed by atoms with Crippen LogP contribution in [0.5, 0.6) is 0 Å². The van der Waals surface area contributed by atoms with Crippen LogP contribution < -0.4 is 5.06 Å². The summed E-state index contributed by atoms with van der Waals surface area (Å²) in [5, 5.41) is 12.8. The molecule has 1 aromatic carbocycles. The fraction of sp³-hybridized carbons (Fsp3) is 0.500. The van der Waals surface area contributed by atoms with Crippen molar-refractivity contribution >= 4 is 5.69 Å². The molecule has 0 aliphatic rings. The number of rotatable bonds is 4. The molecule has 0 amide bonds. The molecule has 0 spiro atoms. The Morgan fingerprint density at radius 3 is 2.29 bits per heavy atom. The molecule has 0 bridgehead atoms. The predicted molar refractivity (Wildman–Crippen MR) is 61.2 cm³/mol. The Balaban J connectivity index is 2.64. The zero-order valence-corrected chi connectivity index (χ0v) is 9.16. The summed E-state index contributed by atoms with van der Waals surface area (Å²) in [6, 6.07) is 9.39. The van der Waals surface area contributed by atoms with Crippen LogP contribution in [0.4, 0.5) is 5.69 Å². The SMILES string of the molecule is CCC(C)(C)CN([O-])c1ccccc1. The molecule has 0 aliphatic carbocycles. The van der Waals surface area contributed by atoms with E-state index in [0.29, 0.717) is 6.54 Å². The van der Waals surface area contributed by atoms with Crippen LogP contribution in [0.15, 0.2) is 30.3 Å². The van der Waals surface area contributed by atoms with Gasteiger partial charge in [0.15, 0.2) is 0 Å². The van der Waals surface area contributed by atoms with Gasteiger partial charge in [0.05, 0.1) is 0 Å². The average Bonchev–Trinajstić information content (AvgIpc) is 2.19. The van der Waals surface area contributed by atoms with Crippen molar-refractivity contribution < 1.29 is 0 Å². The van der Waals surface area contributed by atoms with E-state index in [0.717, 1.165) is 17.2 Å². The molecule has 0 saturated carbocycles. The van der Waals surface area contributed by atoms with Crippen molar-refractivity contribution in [1.29, 1.82) is 0 Å². The highest BCUT2D eigenvalue weighted by molar-refractivity contribution is 5.46. The van der Waals surface area contributed by atoms with Crippen molar-refractivity contribution in [3.05, 3.63) is 35.5 Å². The second-order valence-corrected chi connectivity index (χ2v) is 4.39. The zero-order chi connectivity index (χ0) is 10.6. The Bertz CT molecular complexity index is 269. The Morgan fingerprint density at radius 1 is 1.21 bits per heavy atom. The van der Waals surface area contributed by atoms with E-state index in [9.17, 15) is 5.21 Å². The summed E-state index contributed by atoms with van der Waals surface area (Å²) >= 11 is 0. The minimum Gasteiger partial charge on any atom is -0.758 e. The van der Waals surface area contributed by atoms with E-state index in [1.807, 2.05) is 30.3 Å².